The fraction of sp³-hybridized carbons (Fsp3) is 0.462. The quantitative estimate of drug-likeness (QED) is 0.527. The lowest BCUT2D eigenvalue weighted by Crippen LogP contribution is -2.53. The zero-order valence-electron chi connectivity index (χ0n) is 21.0. The number of benzene rings is 2. The molecule has 1 N–H and O–H groups in total. The summed E-state index contributed by atoms with van der Waals surface area (Å²) >= 11 is 0. The third kappa shape index (κ3) is 6.85. The molecule has 1 aliphatic heterocycles. The Morgan fingerprint density at radius 1 is 1.11 bits per heavy atom. The van der Waals surface area contributed by atoms with E-state index in [2.05, 4.69) is 15.4 Å². The summed E-state index contributed by atoms with van der Waals surface area (Å²) in [4.78, 5) is 15.3. The second-order valence-electron chi connectivity index (χ2n) is 10.4. The first-order chi connectivity index (χ1) is 17.3. The summed E-state index contributed by atoms with van der Waals surface area (Å²) in [6.07, 6.45) is -3.40. The van der Waals surface area contributed by atoms with Gasteiger partial charge in [-0.15, -0.1) is 10.2 Å². The van der Waals surface area contributed by atoms with Crippen molar-refractivity contribution in [3.63, 3.8) is 0 Å². The van der Waals surface area contributed by atoms with Crippen LogP contribution >= 0.6 is 0 Å². The van der Waals surface area contributed by atoms with Crippen molar-refractivity contribution in [2.75, 3.05) is 13.1 Å². The Hall–Kier alpha value is -3.47. The monoisotopic (exact) mass is 517 g/mol. The first-order valence-corrected chi connectivity index (χ1v) is 12.0. The van der Waals surface area contributed by atoms with Crippen LogP contribution in [0.15, 0.2) is 48.5 Å². The van der Waals surface area contributed by atoms with Crippen molar-refractivity contribution < 1.29 is 27.8 Å². The number of ether oxygens (including phenoxy) is 1. The van der Waals surface area contributed by atoms with Crippen LogP contribution in [0.1, 0.15) is 50.3 Å². The number of piperidine rings is 1. The van der Waals surface area contributed by atoms with Gasteiger partial charge in [-0.3, -0.25) is 0 Å². The molecule has 1 atom stereocenters. The van der Waals surface area contributed by atoms with Crippen LogP contribution in [0.25, 0.3) is 11.4 Å². The van der Waals surface area contributed by atoms with E-state index in [4.69, 9.17) is 4.74 Å². The molecule has 3 aromatic rings. The molecule has 2 aromatic carbocycles. The Morgan fingerprint density at radius 2 is 1.81 bits per heavy atom. The van der Waals surface area contributed by atoms with Gasteiger partial charge in [0, 0.05) is 12.1 Å². The van der Waals surface area contributed by atoms with Crippen LogP contribution in [-0.2, 0) is 23.9 Å². The molecule has 0 bridgehead atoms. The molecule has 198 valence electrons. The maximum absolute atomic E-state index is 12.9. The highest BCUT2D eigenvalue weighted by molar-refractivity contribution is 5.68. The van der Waals surface area contributed by atoms with Gasteiger partial charge in [0.2, 0.25) is 5.82 Å². The van der Waals surface area contributed by atoms with Crippen LogP contribution in [0.3, 0.4) is 0 Å². The van der Waals surface area contributed by atoms with Crippen LogP contribution in [0.4, 0.5) is 18.0 Å². The van der Waals surface area contributed by atoms with Crippen molar-refractivity contribution in [1.82, 2.24) is 25.1 Å². The van der Waals surface area contributed by atoms with Crippen molar-refractivity contribution in [1.29, 1.82) is 0 Å². The number of halogens is 3. The molecule has 2 heterocycles. The van der Waals surface area contributed by atoms with Gasteiger partial charge in [-0.05, 0) is 68.5 Å². The molecule has 8 nitrogen and oxygen atoms in total. The van der Waals surface area contributed by atoms with Crippen LogP contribution in [0.2, 0.25) is 0 Å². The summed E-state index contributed by atoms with van der Waals surface area (Å²) in [6.45, 7) is 5.99. The number of nitrogens with zero attached hydrogens (tertiary/aromatic N) is 5. The smallest absolute Gasteiger partial charge is 0.416 e. The highest BCUT2D eigenvalue weighted by Crippen LogP contribution is 2.30. The first kappa shape index (κ1) is 26.6. The highest BCUT2D eigenvalue weighted by Gasteiger charge is 2.38. The molecular weight excluding hydrogens is 487 g/mol. The fourth-order valence-corrected chi connectivity index (χ4v) is 4.33. The number of aliphatic hydroxyl groups is 1. The van der Waals surface area contributed by atoms with Gasteiger partial charge in [0.1, 0.15) is 11.2 Å². The minimum Gasteiger partial charge on any atom is -0.444 e. The average Bonchev–Trinajstić information content (AvgIpc) is 3.25. The third-order valence-corrected chi connectivity index (χ3v) is 6.03. The Morgan fingerprint density at radius 3 is 2.49 bits per heavy atom. The molecule has 4 rings (SSSR count). The second kappa shape index (κ2) is 10.1. The molecule has 0 aliphatic carbocycles. The zero-order valence-corrected chi connectivity index (χ0v) is 21.0. The molecule has 1 saturated heterocycles. The predicted octanol–water partition coefficient (Wildman–Crippen LogP) is 4.71. The van der Waals surface area contributed by atoms with Crippen molar-refractivity contribution in [2.24, 2.45) is 0 Å². The normalized spacial score (nSPS) is 18.6. The lowest BCUT2D eigenvalue weighted by Gasteiger charge is -2.39. The Kier molecular flexibility index (Phi) is 7.27. The largest absolute Gasteiger partial charge is 0.444 e. The third-order valence-electron chi connectivity index (χ3n) is 6.03. The maximum atomic E-state index is 12.9. The molecule has 0 spiro atoms. The molecule has 1 amide bonds. The van der Waals surface area contributed by atoms with Gasteiger partial charge in [0.25, 0.3) is 0 Å². The van der Waals surface area contributed by atoms with Crippen LogP contribution in [-0.4, -0.2) is 60.6 Å². The summed E-state index contributed by atoms with van der Waals surface area (Å²) in [5.41, 5.74) is -0.337. The first-order valence-electron chi connectivity index (χ1n) is 12.0. The number of amides is 1. The van der Waals surface area contributed by atoms with Gasteiger partial charge < -0.3 is 14.7 Å². The van der Waals surface area contributed by atoms with Crippen molar-refractivity contribution in [2.45, 2.75) is 64.0 Å². The van der Waals surface area contributed by atoms with Gasteiger partial charge in [-0.25, -0.2) is 4.79 Å². The van der Waals surface area contributed by atoms with E-state index in [1.807, 2.05) is 24.3 Å². The number of carbonyl (C=O) groups is 1. The topological polar surface area (TPSA) is 93.4 Å². The van der Waals surface area contributed by atoms with Crippen LogP contribution < -0.4 is 0 Å². The van der Waals surface area contributed by atoms with Gasteiger partial charge in [-0.1, -0.05) is 36.4 Å². The zero-order chi connectivity index (χ0) is 26.8. The maximum Gasteiger partial charge on any atom is 0.416 e. The standard InChI is InChI=1S/C26H30F3N5O3/c1-24(2,3)37-23(35)33-14-6-13-25(36,16-33)17-34-31-22(30-32-34)21-8-5-4-7-19(21)15-18-9-11-20(12-10-18)26(27,28)29/h4-5,7-12,36H,6,13-17H2,1-3H3. The number of tetrazole rings is 1. The molecule has 1 aromatic heterocycles. The number of hydrogen-bond acceptors (Lipinski definition) is 6. The van der Waals surface area contributed by atoms with Gasteiger partial charge in [-0.2, -0.15) is 18.0 Å². The van der Waals surface area contributed by atoms with E-state index in [0.717, 1.165) is 17.7 Å². The van der Waals surface area contributed by atoms with Gasteiger partial charge in [0.15, 0.2) is 0 Å². The number of β-amino-alcohol motifs (C(OH)–C–C–N with tert-alkyl or cyclic N) is 1. The molecule has 37 heavy (non-hydrogen) atoms. The lowest BCUT2D eigenvalue weighted by molar-refractivity contribution is -0.137. The lowest BCUT2D eigenvalue weighted by atomic mass is 9.93. The van der Waals surface area contributed by atoms with E-state index in [0.29, 0.717) is 42.8 Å². The van der Waals surface area contributed by atoms with E-state index in [1.54, 1.807) is 20.8 Å². The molecular formula is C26H30F3N5O3. The van der Waals surface area contributed by atoms with Crippen molar-refractivity contribution >= 4 is 6.09 Å². The Labute approximate surface area is 213 Å². The summed E-state index contributed by atoms with van der Waals surface area (Å²) in [6, 6.07) is 12.4. The number of rotatable bonds is 5. The van der Waals surface area contributed by atoms with Crippen LogP contribution in [0.5, 0.6) is 0 Å². The Balaban J connectivity index is 1.47. The average molecular weight is 518 g/mol. The summed E-state index contributed by atoms with van der Waals surface area (Å²) in [5.74, 6) is 0.339. The molecule has 1 unspecified atom stereocenters. The molecule has 11 heteroatoms. The number of aromatic nitrogens is 4. The molecule has 1 fully saturated rings. The number of alkyl halides is 3. The van der Waals surface area contributed by atoms with E-state index >= 15 is 0 Å². The molecule has 1 aliphatic rings. The number of carbonyl (C=O) groups excluding carboxylic acids is 1. The highest BCUT2D eigenvalue weighted by atomic mass is 19.4. The van der Waals surface area contributed by atoms with E-state index < -0.39 is 29.0 Å². The summed E-state index contributed by atoms with van der Waals surface area (Å²) in [7, 11) is 0. The van der Waals surface area contributed by atoms with Crippen LogP contribution in [0, 0.1) is 0 Å². The van der Waals surface area contributed by atoms with E-state index in [9.17, 15) is 23.1 Å². The second-order valence-corrected chi connectivity index (χ2v) is 10.4. The predicted molar refractivity (Wildman–Crippen MR) is 129 cm³/mol. The van der Waals surface area contributed by atoms with E-state index in [-0.39, 0.29) is 13.1 Å². The minimum atomic E-state index is -4.38. The summed E-state index contributed by atoms with van der Waals surface area (Å²) in [5, 5.41) is 23.9. The van der Waals surface area contributed by atoms with Gasteiger partial charge in [0.05, 0.1) is 18.7 Å². The summed E-state index contributed by atoms with van der Waals surface area (Å²) < 4.78 is 44.1. The number of hydrogen-bond donors (Lipinski definition) is 1. The molecule has 0 radical (unpaired) electrons. The van der Waals surface area contributed by atoms with Gasteiger partial charge >= 0.3 is 12.3 Å². The van der Waals surface area contributed by atoms with Crippen molar-refractivity contribution in [3.05, 3.63) is 65.2 Å². The number of likely N-dealkylation sites (tertiary alicyclic amines) is 1. The molecule has 0 saturated carbocycles. The SMILES string of the molecule is CC(C)(C)OC(=O)N1CCCC(O)(Cn2nnc(-c3ccccc3Cc3ccc(C(F)(F)F)cc3)n2)C1. The van der Waals surface area contributed by atoms with E-state index in [1.165, 1.54) is 21.8 Å². The minimum absolute atomic E-state index is 0.0420. The van der Waals surface area contributed by atoms with Crippen molar-refractivity contribution in [3.8, 4) is 11.4 Å². The fourth-order valence-electron chi connectivity index (χ4n) is 4.33. The Bertz CT molecular complexity index is 1240.